The smallest absolute Gasteiger partial charge is 0.408 e. The highest BCUT2D eigenvalue weighted by Crippen LogP contribution is 2.43. The van der Waals surface area contributed by atoms with Crippen LogP contribution < -0.4 is 5.32 Å². The van der Waals surface area contributed by atoms with Crippen LogP contribution in [0.5, 0.6) is 0 Å². The maximum Gasteiger partial charge on any atom is 0.408 e. The van der Waals surface area contributed by atoms with Crippen molar-refractivity contribution in [3.8, 4) is 33.8 Å². The van der Waals surface area contributed by atoms with Crippen molar-refractivity contribution < 1.29 is 9.53 Å². The number of hydrogen-bond donors (Lipinski definition) is 1. The lowest BCUT2D eigenvalue weighted by molar-refractivity contribution is 0.0377. The van der Waals surface area contributed by atoms with E-state index in [0.717, 1.165) is 77.3 Å². The largest absolute Gasteiger partial charge is 0.444 e. The molecule has 0 unspecified atom stereocenters. The lowest BCUT2D eigenvalue weighted by Gasteiger charge is -2.43. The molecule has 1 aliphatic heterocycles. The first-order valence-electron chi connectivity index (χ1n) is 12.9. The summed E-state index contributed by atoms with van der Waals surface area (Å²) < 4.78 is 7.64. The third-order valence-corrected chi connectivity index (χ3v) is 7.29. The highest BCUT2D eigenvalue weighted by atomic mass is 16.6. The Labute approximate surface area is 216 Å². The van der Waals surface area contributed by atoms with Gasteiger partial charge < -0.3 is 14.6 Å². The molecule has 1 amide bonds. The molecule has 2 aromatic carbocycles. The van der Waals surface area contributed by atoms with Crippen LogP contribution >= 0.6 is 0 Å². The first-order chi connectivity index (χ1) is 17.8. The van der Waals surface area contributed by atoms with Crippen molar-refractivity contribution in [2.24, 2.45) is 0 Å². The standard InChI is InChI=1S/C30H31N5O2/c1-29(2,3)37-28(36)33-30(15-7-16-30)22-12-10-21(11-13-22)26-23(20-8-5-4-6-9-20)18-24-25(32-26)14-17-35-19-31-34-27(24)35/h4-6,8-13,18-19H,7,14-17H2,1-3H3,(H,33,36). The minimum Gasteiger partial charge on any atom is -0.444 e. The first kappa shape index (κ1) is 23.4. The fourth-order valence-electron chi connectivity index (χ4n) is 5.31. The van der Waals surface area contributed by atoms with E-state index in [4.69, 9.17) is 9.72 Å². The number of benzene rings is 2. The van der Waals surface area contributed by atoms with E-state index in [-0.39, 0.29) is 11.6 Å². The number of alkyl carbamates (subject to hydrolysis) is 1. The van der Waals surface area contributed by atoms with Crippen molar-refractivity contribution in [1.82, 2.24) is 25.1 Å². The van der Waals surface area contributed by atoms with Gasteiger partial charge in [-0.15, -0.1) is 10.2 Å². The van der Waals surface area contributed by atoms with Crippen LogP contribution in [0.25, 0.3) is 33.8 Å². The van der Waals surface area contributed by atoms with Crippen LogP contribution in [0.2, 0.25) is 0 Å². The number of rotatable bonds is 4. The number of ether oxygens (including phenoxy) is 1. The maximum atomic E-state index is 12.6. The summed E-state index contributed by atoms with van der Waals surface area (Å²) in [5.74, 6) is 0.868. The van der Waals surface area contributed by atoms with Gasteiger partial charge in [0.05, 0.1) is 16.9 Å². The van der Waals surface area contributed by atoms with Gasteiger partial charge in [-0.2, -0.15) is 0 Å². The molecule has 7 heteroatoms. The van der Waals surface area contributed by atoms with Gasteiger partial charge in [0.25, 0.3) is 0 Å². The summed E-state index contributed by atoms with van der Waals surface area (Å²) >= 11 is 0. The van der Waals surface area contributed by atoms with E-state index in [2.05, 4.69) is 62.5 Å². The van der Waals surface area contributed by atoms with Crippen LogP contribution in [-0.4, -0.2) is 31.4 Å². The van der Waals surface area contributed by atoms with Crippen molar-refractivity contribution >= 4 is 6.09 Å². The molecule has 1 aliphatic carbocycles. The molecule has 0 saturated heterocycles. The Kier molecular flexibility index (Phi) is 5.59. The molecular formula is C30H31N5O2. The Morgan fingerprint density at radius 1 is 1.00 bits per heavy atom. The number of nitrogens with zero attached hydrogens (tertiary/aromatic N) is 4. The van der Waals surface area contributed by atoms with E-state index in [1.54, 1.807) is 6.33 Å². The third kappa shape index (κ3) is 4.39. The van der Waals surface area contributed by atoms with E-state index in [9.17, 15) is 4.79 Å². The fraction of sp³-hybridized carbons (Fsp3) is 0.333. The summed E-state index contributed by atoms with van der Waals surface area (Å²) in [4.78, 5) is 17.8. The number of aryl methyl sites for hydroxylation is 2. The number of aromatic nitrogens is 4. The Morgan fingerprint density at radius 2 is 1.76 bits per heavy atom. The zero-order valence-electron chi connectivity index (χ0n) is 21.5. The molecule has 1 fully saturated rings. The number of nitrogens with one attached hydrogen (secondary N) is 1. The molecule has 0 spiro atoms. The summed E-state index contributed by atoms with van der Waals surface area (Å²) in [6.45, 7) is 6.47. The van der Waals surface area contributed by atoms with Crippen molar-refractivity contribution in [1.29, 1.82) is 0 Å². The Morgan fingerprint density at radius 3 is 2.43 bits per heavy atom. The molecule has 6 rings (SSSR count). The minimum atomic E-state index is -0.530. The molecule has 0 bridgehead atoms. The van der Waals surface area contributed by atoms with Gasteiger partial charge >= 0.3 is 6.09 Å². The number of amides is 1. The van der Waals surface area contributed by atoms with Crippen LogP contribution in [0.1, 0.15) is 51.3 Å². The lowest BCUT2D eigenvalue weighted by atomic mass is 9.71. The summed E-state index contributed by atoms with van der Waals surface area (Å²) in [5.41, 5.74) is 6.44. The third-order valence-electron chi connectivity index (χ3n) is 7.29. The molecule has 37 heavy (non-hydrogen) atoms. The molecule has 0 atom stereocenters. The van der Waals surface area contributed by atoms with E-state index >= 15 is 0 Å². The molecule has 2 aliphatic rings. The van der Waals surface area contributed by atoms with Crippen molar-refractivity contribution in [2.45, 2.75) is 64.1 Å². The number of pyridine rings is 1. The minimum absolute atomic E-state index is 0.369. The summed E-state index contributed by atoms with van der Waals surface area (Å²) in [6.07, 6.45) is 5.13. The second-order valence-corrected chi connectivity index (χ2v) is 11.0. The van der Waals surface area contributed by atoms with E-state index in [0.29, 0.717) is 0 Å². The molecule has 3 heterocycles. The average molecular weight is 494 g/mol. The monoisotopic (exact) mass is 493 g/mol. The topological polar surface area (TPSA) is 81.9 Å². The molecule has 7 nitrogen and oxygen atoms in total. The second-order valence-electron chi connectivity index (χ2n) is 11.0. The van der Waals surface area contributed by atoms with Crippen LogP contribution in [0.15, 0.2) is 67.0 Å². The van der Waals surface area contributed by atoms with Crippen molar-refractivity contribution in [3.05, 3.63) is 78.2 Å². The van der Waals surface area contributed by atoms with Crippen LogP contribution in [0.3, 0.4) is 0 Å². The Hall–Kier alpha value is -4.00. The van der Waals surface area contributed by atoms with E-state index < -0.39 is 5.60 Å². The number of carbonyl (C=O) groups is 1. The number of fused-ring (bicyclic) bond motifs is 3. The molecule has 1 saturated carbocycles. The predicted octanol–water partition coefficient (Wildman–Crippen LogP) is 6.13. The molecular weight excluding hydrogens is 462 g/mol. The normalized spacial score (nSPS) is 15.8. The molecule has 2 aromatic heterocycles. The quantitative estimate of drug-likeness (QED) is 0.370. The Balaban J connectivity index is 1.38. The molecule has 0 radical (unpaired) electrons. The lowest BCUT2D eigenvalue weighted by Crippen LogP contribution is -2.52. The molecule has 4 aromatic rings. The highest BCUT2D eigenvalue weighted by Gasteiger charge is 2.41. The SMILES string of the molecule is CC(C)(C)OC(=O)NC1(c2ccc(-c3nc4c(cc3-c3ccccc3)-c3nncn3CC4)cc2)CCC1. The number of carbonyl (C=O) groups excluding carboxylic acids is 1. The van der Waals surface area contributed by atoms with E-state index in [1.807, 2.05) is 39.0 Å². The van der Waals surface area contributed by atoms with Gasteiger partial charge in [-0.3, -0.25) is 4.98 Å². The van der Waals surface area contributed by atoms with Crippen molar-refractivity contribution in [3.63, 3.8) is 0 Å². The van der Waals surface area contributed by atoms with Crippen LogP contribution in [0, 0.1) is 0 Å². The summed E-state index contributed by atoms with van der Waals surface area (Å²) in [7, 11) is 0. The summed E-state index contributed by atoms with van der Waals surface area (Å²) in [5, 5.41) is 11.6. The zero-order valence-corrected chi connectivity index (χ0v) is 21.5. The predicted molar refractivity (Wildman–Crippen MR) is 143 cm³/mol. The zero-order chi connectivity index (χ0) is 25.6. The van der Waals surface area contributed by atoms with Gasteiger partial charge in [0.1, 0.15) is 11.9 Å². The van der Waals surface area contributed by atoms with Gasteiger partial charge in [-0.25, -0.2) is 4.79 Å². The van der Waals surface area contributed by atoms with E-state index in [1.165, 1.54) is 0 Å². The fourth-order valence-corrected chi connectivity index (χ4v) is 5.31. The first-order valence-corrected chi connectivity index (χ1v) is 12.9. The molecule has 188 valence electrons. The Bertz CT molecular complexity index is 1450. The number of hydrogen-bond acceptors (Lipinski definition) is 5. The van der Waals surface area contributed by atoms with Gasteiger partial charge in [0, 0.05) is 29.7 Å². The average Bonchev–Trinajstić information content (AvgIpc) is 3.35. The van der Waals surface area contributed by atoms with Crippen LogP contribution in [-0.2, 0) is 23.2 Å². The summed E-state index contributed by atoms with van der Waals surface area (Å²) in [6, 6.07) is 21.0. The van der Waals surface area contributed by atoms with Gasteiger partial charge in [-0.1, -0.05) is 54.6 Å². The highest BCUT2D eigenvalue weighted by molar-refractivity contribution is 5.84. The molecule has 1 N–H and O–H groups in total. The maximum absolute atomic E-state index is 12.6. The van der Waals surface area contributed by atoms with Gasteiger partial charge in [0.15, 0.2) is 5.82 Å². The van der Waals surface area contributed by atoms with Crippen LogP contribution in [0.4, 0.5) is 4.79 Å². The van der Waals surface area contributed by atoms with Gasteiger partial charge in [-0.05, 0) is 57.2 Å². The van der Waals surface area contributed by atoms with Crippen molar-refractivity contribution in [2.75, 3.05) is 0 Å². The second kappa shape index (κ2) is 8.83. The van der Waals surface area contributed by atoms with Gasteiger partial charge in [0.2, 0.25) is 0 Å².